The van der Waals surface area contributed by atoms with E-state index in [-0.39, 0.29) is 17.9 Å². The maximum absolute atomic E-state index is 13.3. The zero-order valence-corrected chi connectivity index (χ0v) is 19.5. The van der Waals surface area contributed by atoms with E-state index in [1.54, 1.807) is 16.2 Å². The molecule has 168 valence electrons. The van der Waals surface area contributed by atoms with Crippen molar-refractivity contribution >= 4 is 34.5 Å². The van der Waals surface area contributed by atoms with Crippen LogP contribution in [0.5, 0.6) is 0 Å². The van der Waals surface area contributed by atoms with E-state index >= 15 is 0 Å². The Morgan fingerprint density at radius 1 is 1.03 bits per heavy atom. The molecule has 3 N–H and O–H groups in total. The summed E-state index contributed by atoms with van der Waals surface area (Å²) < 4.78 is 0. The summed E-state index contributed by atoms with van der Waals surface area (Å²) in [7, 11) is 0. The van der Waals surface area contributed by atoms with Crippen LogP contribution in [0, 0.1) is 0 Å². The van der Waals surface area contributed by atoms with Crippen molar-refractivity contribution in [1.29, 1.82) is 0 Å². The molecule has 0 radical (unpaired) electrons. The number of carbonyl (C=O) groups excluding carboxylic acids is 2. The lowest BCUT2D eigenvalue weighted by Crippen LogP contribution is -2.46. The van der Waals surface area contributed by atoms with Crippen LogP contribution in [0.1, 0.15) is 26.5 Å². The summed E-state index contributed by atoms with van der Waals surface area (Å²) in [6, 6.07) is 17.8. The first-order valence-electron chi connectivity index (χ1n) is 10.8. The summed E-state index contributed by atoms with van der Waals surface area (Å²) >= 11 is 3.14. The van der Waals surface area contributed by atoms with Gasteiger partial charge in [-0.2, -0.15) is 0 Å². The average Bonchev–Trinajstić information content (AvgIpc) is 3.59. The lowest BCUT2D eigenvalue weighted by Gasteiger charge is -2.28. The predicted molar refractivity (Wildman–Crippen MR) is 130 cm³/mol. The molecule has 2 unspecified atom stereocenters. The third-order valence-electron chi connectivity index (χ3n) is 5.70. The van der Waals surface area contributed by atoms with Gasteiger partial charge in [0.2, 0.25) is 5.91 Å². The van der Waals surface area contributed by atoms with E-state index in [0.29, 0.717) is 30.9 Å². The normalized spacial score (nSPS) is 18.2. The quantitative estimate of drug-likeness (QED) is 0.506. The van der Waals surface area contributed by atoms with Crippen LogP contribution in [0.25, 0.3) is 0 Å². The van der Waals surface area contributed by atoms with Gasteiger partial charge in [-0.1, -0.05) is 42.5 Å². The van der Waals surface area contributed by atoms with Crippen LogP contribution in [0.2, 0.25) is 0 Å². The van der Waals surface area contributed by atoms with Gasteiger partial charge in [-0.3, -0.25) is 14.5 Å². The van der Waals surface area contributed by atoms with Crippen molar-refractivity contribution in [2.45, 2.75) is 31.6 Å². The number of nitrogens with zero attached hydrogens (tertiary/aromatic N) is 2. The number of nitrogens with one attached hydrogen (secondary N) is 1. The minimum absolute atomic E-state index is 0.0776. The van der Waals surface area contributed by atoms with E-state index in [1.807, 2.05) is 35.7 Å². The fourth-order valence-corrected chi connectivity index (χ4v) is 5.55. The Hall–Kier alpha value is -2.52. The SMILES string of the molecule is NCCNC(=O)C1CC(N(Cc2ccccc2)Cc2cccs2)CN1C(=O)c1cccs1. The zero-order chi connectivity index (χ0) is 22.3. The Bertz CT molecular complexity index is 992. The second-order valence-electron chi connectivity index (χ2n) is 7.89. The molecule has 0 spiro atoms. The third kappa shape index (κ3) is 5.45. The first-order chi connectivity index (χ1) is 15.7. The minimum Gasteiger partial charge on any atom is -0.353 e. The summed E-state index contributed by atoms with van der Waals surface area (Å²) in [5, 5.41) is 6.86. The van der Waals surface area contributed by atoms with Crippen molar-refractivity contribution < 1.29 is 9.59 Å². The topological polar surface area (TPSA) is 78.7 Å². The number of thiophene rings is 2. The molecule has 8 heteroatoms. The molecule has 0 bridgehead atoms. The van der Waals surface area contributed by atoms with Crippen LogP contribution >= 0.6 is 22.7 Å². The molecule has 32 heavy (non-hydrogen) atoms. The lowest BCUT2D eigenvalue weighted by atomic mass is 10.1. The van der Waals surface area contributed by atoms with E-state index in [0.717, 1.165) is 13.1 Å². The molecule has 2 atom stereocenters. The van der Waals surface area contributed by atoms with Crippen LogP contribution < -0.4 is 11.1 Å². The fourth-order valence-electron chi connectivity index (χ4n) is 4.14. The van der Waals surface area contributed by atoms with Crippen LogP contribution in [-0.2, 0) is 17.9 Å². The molecular weight excluding hydrogens is 440 g/mol. The molecule has 1 aliphatic heterocycles. The van der Waals surface area contributed by atoms with E-state index in [1.165, 1.54) is 21.8 Å². The van der Waals surface area contributed by atoms with Gasteiger partial charge in [-0.05, 0) is 34.9 Å². The van der Waals surface area contributed by atoms with E-state index in [9.17, 15) is 9.59 Å². The van der Waals surface area contributed by atoms with Gasteiger partial charge in [-0.15, -0.1) is 22.7 Å². The highest BCUT2D eigenvalue weighted by molar-refractivity contribution is 7.12. The largest absolute Gasteiger partial charge is 0.353 e. The second kappa shape index (κ2) is 10.9. The van der Waals surface area contributed by atoms with Crippen LogP contribution in [0.3, 0.4) is 0 Å². The van der Waals surface area contributed by atoms with Crippen LogP contribution in [0.15, 0.2) is 65.4 Å². The van der Waals surface area contributed by atoms with Gasteiger partial charge in [-0.25, -0.2) is 0 Å². The third-order valence-corrected chi connectivity index (χ3v) is 7.42. The molecule has 3 heterocycles. The Balaban J connectivity index is 1.58. The van der Waals surface area contributed by atoms with Crippen molar-refractivity contribution in [3.8, 4) is 0 Å². The van der Waals surface area contributed by atoms with Gasteiger partial charge in [0.25, 0.3) is 5.91 Å². The highest BCUT2D eigenvalue weighted by atomic mass is 32.1. The molecule has 1 fully saturated rings. The van der Waals surface area contributed by atoms with E-state index in [2.05, 4.69) is 39.9 Å². The summed E-state index contributed by atoms with van der Waals surface area (Å²) in [6.45, 7) is 2.86. The van der Waals surface area contributed by atoms with Gasteiger partial charge in [0.15, 0.2) is 0 Å². The van der Waals surface area contributed by atoms with Gasteiger partial charge in [0.05, 0.1) is 4.88 Å². The monoisotopic (exact) mass is 468 g/mol. The number of amides is 2. The highest BCUT2D eigenvalue weighted by Crippen LogP contribution is 2.28. The van der Waals surface area contributed by atoms with Gasteiger partial charge >= 0.3 is 0 Å². The molecule has 1 aliphatic rings. The van der Waals surface area contributed by atoms with Crippen molar-refractivity contribution in [1.82, 2.24) is 15.1 Å². The number of rotatable bonds is 9. The molecule has 1 saturated heterocycles. The average molecular weight is 469 g/mol. The molecule has 4 rings (SSSR count). The van der Waals surface area contributed by atoms with Crippen molar-refractivity contribution in [3.63, 3.8) is 0 Å². The summed E-state index contributed by atoms with van der Waals surface area (Å²) in [5.74, 6) is -0.204. The molecule has 0 aliphatic carbocycles. The molecule has 2 aromatic heterocycles. The van der Waals surface area contributed by atoms with Crippen molar-refractivity contribution in [2.24, 2.45) is 5.73 Å². The molecule has 0 saturated carbocycles. The first kappa shape index (κ1) is 22.7. The first-order valence-corrected chi connectivity index (χ1v) is 12.5. The maximum Gasteiger partial charge on any atom is 0.264 e. The van der Waals surface area contributed by atoms with Crippen LogP contribution in [0.4, 0.5) is 0 Å². The standard InChI is InChI=1S/C24H28N4O2S2/c25-10-11-26-23(29)21-14-19(16-28(21)24(30)22-9-5-13-32-22)27(17-20-8-4-12-31-20)15-18-6-2-1-3-7-18/h1-9,12-13,19,21H,10-11,14-17,25H2,(H,26,29). The van der Waals surface area contributed by atoms with Crippen LogP contribution in [-0.4, -0.2) is 53.3 Å². The summed E-state index contributed by atoms with van der Waals surface area (Å²) in [6.07, 6.45) is 0.603. The Morgan fingerprint density at radius 2 is 1.81 bits per heavy atom. The molecule has 3 aromatic rings. The Kier molecular flexibility index (Phi) is 7.70. The maximum atomic E-state index is 13.3. The fraction of sp³-hybridized carbons (Fsp3) is 0.333. The summed E-state index contributed by atoms with van der Waals surface area (Å²) in [5.41, 5.74) is 6.80. The molecular formula is C24H28N4O2S2. The zero-order valence-electron chi connectivity index (χ0n) is 17.9. The lowest BCUT2D eigenvalue weighted by molar-refractivity contribution is -0.124. The molecule has 6 nitrogen and oxygen atoms in total. The number of hydrogen-bond acceptors (Lipinski definition) is 6. The van der Waals surface area contributed by atoms with Gasteiger partial charge < -0.3 is 16.0 Å². The smallest absolute Gasteiger partial charge is 0.264 e. The highest BCUT2D eigenvalue weighted by Gasteiger charge is 2.42. The minimum atomic E-state index is -0.497. The molecule has 2 amide bonds. The Morgan fingerprint density at radius 3 is 2.50 bits per heavy atom. The second-order valence-corrected chi connectivity index (χ2v) is 9.87. The van der Waals surface area contributed by atoms with E-state index in [4.69, 9.17) is 5.73 Å². The number of carbonyl (C=O) groups is 2. The number of nitrogens with two attached hydrogens (primary N) is 1. The van der Waals surface area contributed by atoms with Gasteiger partial charge in [0, 0.05) is 43.6 Å². The number of hydrogen-bond donors (Lipinski definition) is 2. The predicted octanol–water partition coefficient (Wildman–Crippen LogP) is 3.17. The van der Waals surface area contributed by atoms with Crippen molar-refractivity contribution in [3.05, 3.63) is 80.7 Å². The summed E-state index contributed by atoms with van der Waals surface area (Å²) in [4.78, 5) is 32.3. The Labute approximate surface area is 196 Å². The van der Waals surface area contributed by atoms with Crippen molar-refractivity contribution in [2.75, 3.05) is 19.6 Å². The van der Waals surface area contributed by atoms with E-state index < -0.39 is 6.04 Å². The number of likely N-dealkylation sites (tertiary alicyclic amines) is 1. The number of benzene rings is 1. The van der Waals surface area contributed by atoms with Gasteiger partial charge in [0.1, 0.15) is 6.04 Å². The molecule has 1 aromatic carbocycles.